The predicted octanol–water partition coefficient (Wildman–Crippen LogP) is 1.59. The monoisotopic (exact) mass is 313 g/mol. The number of aliphatic hydroxyl groups is 1. The van der Waals surface area contributed by atoms with Gasteiger partial charge < -0.3 is 14.7 Å². The van der Waals surface area contributed by atoms with Crippen molar-refractivity contribution in [3.63, 3.8) is 0 Å². The number of benzene rings is 1. The number of amides is 1. The quantitative estimate of drug-likeness (QED) is 0.902. The van der Waals surface area contributed by atoms with E-state index in [9.17, 15) is 9.90 Å². The van der Waals surface area contributed by atoms with E-state index in [-0.39, 0.29) is 18.6 Å². The number of rotatable bonds is 2. The molecule has 1 N–H and O–H groups in total. The van der Waals surface area contributed by atoms with Gasteiger partial charge >= 0.3 is 0 Å². The normalized spacial score (nSPS) is 19.9. The fourth-order valence-electron chi connectivity index (χ4n) is 2.07. The zero-order valence-electron chi connectivity index (χ0n) is 10.2. The van der Waals surface area contributed by atoms with E-state index < -0.39 is 0 Å². The van der Waals surface area contributed by atoms with Crippen molar-refractivity contribution in [3.8, 4) is 0 Å². The molecule has 1 aromatic carbocycles. The van der Waals surface area contributed by atoms with Crippen molar-refractivity contribution in [2.75, 3.05) is 26.4 Å². The maximum Gasteiger partial charge on any atom is 0.254 e. The molecule has 0 saturated carbocycles. The summed E-state index contributed by atoms with van der Waals surface area (Å²) in [7, 11) is 0. The number of hydrogen-bond donors (Lipinski definition) is 1. The molecule has 0 aromatic heterocycles. The molecular formula is C13H16BrNO3. The van der Waals surface area contributed by atoms with Gasteiger partial charge in [-0.1, -0.05) is 22.0 Å². The maximum absolute atomic E-state index is 12.5. The number of carbonyl (C=O) groups is 1. The Hall–Kier alpha value is -0.910. The lowest BCUT2D eigenvalue weighted by molar-refractivity contribution is -0.0184. The fourth-order valence-corrected chi connectivity index (χ4v) is 2.43. The van der Waals surface area contributed by atoms with Gasteiger partial charge in [0.1, 0.15) is 0 Å². The Morgan fingerprint density at radius 1 is 1.61 bits per heavy atom. The molecule has 1 saturated heterocycles. The van der Waals surface area contributed by atoms with E-state index in [0.717, 1.165) is 10.0 Å². The summed E-state index contributed by atoms with van der Waals surface area (Å²) >= 11 is 3.43. The molecule has 18 heavy (non-hydrogen) atoms. The third-order valence-corrected chi connectivity index (χ3v) is 4.06. The summed E-state index contributed by atoms with van der Waals surface area (Å²) in [6.07, 6.45) is 0. The van der Waals surface area contributed by atoms with Crippen LogP contribution >= 0.6 is 15.9 Å². The van der Waals surface area contributed by atoms with Gasteiger partial charge in [0, 0.05) is 16.6 Å². The molecule has 2 rings (SSSR count). The molecule has 1 aromatic rings. The van der Waals surface area contributed by atoms with Crippen LogP contribution in [0.1, 0.15) is 15.9 Å². The number of nitrogens with zero attached hydrogens (tertiary/aromatic N) is 1. The first-order chi connectivity index (χ1) is 8.65. The van der Waals surface area contributed by atoms with Crippen molar-refractivity contribution in [1.82, 2.24) is 4.90 Å². The van der Waals surface area contributed by atoms with Gasteiger partial charge in [0.05, 0.1) is 25.9 Å². The van der Waals surface area contributed by atoms with Gasteiger partial charge in [0.15, 0.2) is 0 Å². The van der Waals surface area contributed by atoms with E-state index in [1.807, 2.05) is 25.1 Å². The summed E-state index contributed by atoms with van der Waals surface area (Å²) < 4.78 is 6.20. The highest BCUT2D eigenvalue weighted by Gasteiger charge is 2.28. The molecule has 1 atom stereocenters. The fraction of sp³-hybridized carbons (Fsp3) is 0.462. The highest BCUT2D eigenvalue weighted by atomic mass is 79.9. The minimum absolute atomic E-state index is 0.0452. The number of carbonyl (C=O) groups excluding carboxylic acids is 1. The molecule has 0 bridgehead atoms. The molecule has 1 aliphatic rings. The molecule has 5 heteroatoms. The van der Waals surface area contributed by atoms with Crippen LogP contribution in [0.25, 0.3) is 0 Å². The van der Waals surface area contributed by atoms with Gasteiger partial charge in [0.2, 0.25) is 0 Å². The van der Waals surface area contributed by atoms with Crippen molar-refractivity contribution >= 4 is 21.8 Å². The Bertz CT molecular complexity index is 450. The Balaban J connectivity index is 2.27. The predicted molar refractivity (Wildman–Crippen MR) is 71.6 cm³/mol. The highest BCUT2D eigenvalue weighted by molar-refractivity contribution is 9.10. The molecule has 1 heterocycles. The zero-order valence-corrected chi connectivity index (χ0v) is 11.8. The number of aliphatic hydroxyl groups excluding tert-OH is 1. The maximum atomic E-state index is 12.5. The number of ether oxygens (including phenoxy) is 1. The van der Waals surface area contributed by atoms with E-state index in [1.165, 1.54) is 0 Å². The smallest absolute Gasteiger partial charge is 0.254 e. The molecule has 0 radical (unpaired) electrons. The average Bonchev–Trinajstić information content (AvgIpc) is 2.41. The topological polar surface area (TPSA) is 49.8 Å². The van der Waals surface area contributed by atoms with E-state index in [4.69, 9.17) is 4.74 Å². The second kappa shape index (κ2) is 5.82. The van der Waals surface area contributed by atoms with Crippen LogP contribution in [0.5, 0.6) is 0 Å². The van der Waals surface area contributed by atoms with Crippen LogP contribution in [0.15, 0.2) is 22.7 Å². The van der Waals surface area contributed by atoms with Gasteiger partial charge in [-0.25, -0.2) is 0 Å². The van der Waals surface area contributed by atoms with Gasteiger partial charge in [0.25, 0.3) is 5.91 Å². The van der Waals surface area contributed by atoms with Crippen LogP contribution in [-0.4, -0.2) is 48.3 Å². The van der Waals surface area contributed by atoms with Crippen LogP contribution in [-0.2, 0) is 4.74 Å². The number of hydrogen-bond acceptors (Lipinski definition) is 3. The lowest BCUT2D eigenvalue weighted by Crippen LogP contribution is -2.50. The first kappa shape index (κ1) is 13.5. The summed E-state index contributed by atoms with van der Waals surface area (Å²) in [5, 5.41) is 9.30. The summed E-state index contributed by atoms with van der Waals surface area (Å²) in [5.74, 6) is -0.0452. The van der Waals surface area contributed by atoms with E-state index in [0.29, 0.717) is 25.3 Å². The third-order valence-electron chi connectivity index (χ3n) is 3.20. The van der Waals surface area contributed by atoms with Crippen molar-refractivity contribution in [3.05, 3.63) is 33.8 Å². The highest BCUT2D eigenvalue weighted by Crippen LogP contribution is 2.22. The van der Waals surface area contributed by atoms with Crippen LogP contribution in [0.4, 0.5) is 0 Å². The minimum Gasteiger partial charge on any atom is -0.394 e. The Morgan fingerprint density at radius 2 is 2.39 bits per heavy atom. The molecule has 4 nitrogen and oxygen atoms in total. The van der Waals surface area contributed by atoms with Gasteiger partial charge in [-0.15, -0.1) is 0 Å². The second-order valence-corrected chi connectivity index (χ2v) is 5.18. The first-order valence-corrected chi connectivity index (χ1v) is 6.69. The molecule has 1 amide bonds. The van der Waals surface area contributed by atoms with Gasteiger partial charge in [-0.2, -0.15) is 0 Å². The SMILES string of the molecule is Cc1c(Br)cccc1C(=O)N1CCOCC1CO. The number of halogens is 1. The summed E-state index contributed by atoms with van der Waals surface area (Å²) in [6.45, 7) is 3.28. The van der Waals surface area contributed by atoms with Crippen molar-refractivity contribution < 1.29 is 14.6 Å². The van der Waals surface area contributed by atoms with Crippen LogP contribution in [0.3, 0.4) is 0 Å². The molecule has 0 spiro atoms. The Labute approximate surface area is 115 Å². The molecule has 1 aliphatic heterocycles. The van der Waals surface area contributed by atoms with Crippen LogP contribution in [0, 0.1) is 6.92 Å². The average molecular weight is 314 g/mol. The Morgan fingerprint density at radius 3 is 3.11 bits per heavy atom. The standard InChI is InChI=1S/C13H16BrNO3/c1-9-11(3-2-4-12(9)14)13(17)15-5-6-18-8-10(15)7-16/h2-4,10,16H,5-8H2,1H3. The largest absolute Gasteiger partial charge is 0.394 e. The van der Waals surface area contributed by atoms with Crippen molar-refractivity contribution in [2.24, 2.45) is 0 Å². The number of morpholine rings is 1. The first-order valence-electron chi connectivity index (χ1n) is 5.90. The summed E-state index contributed by atoms with van der Waals surface area (Å²) in [6, 6.07) is 5.32. The molecule has 0 aliphatic carbocycles. The molecule has 1 fully saturated rings. The van der Waals surface area contributed by atoms with Crippen LogP contribution < -0.4 is 0 Å². The lowest BCUT2D eigenvalue weighted by Gasteiger charge is -2.34. The summed E-state index contributed by atoms with van der Waals surface area (Å²) in [5.41, 5.74) is 1.59. The lowest BCUT2D eigenvalue weighted by atomic mass is 10.1. The molecule has 1 unspecified atom stereocenters. The van der Waals surface area contributed by atoms with Gasteiger partial charge in [-0.3, -0.25) is 4.79 Å². The van der Waals surface area contributed by atoms with Gasteiger partial charge in [-0.05, 0) is 24.6 Å². The minimum atomic E-state index is -0.246. The molecular weight excluding hydrogens is 298 g/mol. The second-order valence-electron chi connectivity index (χ2n) is 4.32. The van der Waals surface area contributed by atoms with E-state index >= 15 is 0 Å². The third kappa shape index (κ3) is 2.58. The summed E-state index contributed by atoms with van der Waals surface area (Å²) in [4.78, 5) is 14.2. The van der Waals surface area contributed by atoms with Crippen molar-refractivity contribution in [2.45, 2.75) is 13.0 Å². The Kier molecular flexibility index (Phi) is 4.37. The van der Waals surface area contributed by atoms with Crippen LogP contribution in [0.2, 0.25) is 0 Å². The zero-order chi connectivity index (χ0) is 13.1. The van der Waals surface area contributed by atoms with E-state index in [1.54, 1.807) is 4.90 Å². The molecule has 98 valence electrons. The van der Waals surface area contributed by atoms with E-state index in [2.05, 4.69) is 15.9 Å². The van der Waals surface area contributed by atoms with Crippen molar-refractivity contribution in [1.29, 1.82) is 0 Å².